The number of halogens is 3. The molecule has 8 nitrogen and oxygen atoms in total. The van der Waals surface area contributed by atoms with Gasteiger partial charge in [0.25, 0.3) is 5.56 Å². The topological polar surface area (TPSA) is 97.6 Å². The van der Waals surface area contributed by atoms with Crippen LogP contribution >= 0.6 is 0 Å². The smallest absolute Gasteiger partial charge is 0.315 e. The highest BCUT2D eigenvalue weighted by Crippen LogP contribution is 2.31. The van der Waals surface area contributed by atoms with Crippen LogP contribution < -0.4 is 16.6 Å². The number of nitriles is 1. The highest BCUT2D eigenvalue weighted by Gasteiger charge is 2.32. The second-order valence-corrected chi connectivity index (χ2v) is 8.74. The molecular formula is C26H21F3N6O2. The molecule has 0 bridgehead atoms. The van der Waals surface area contributed by atoms with Crippen molar-refractivity contribution >= 4 is 0 Å². The number of benzene rings is 2. The fourth-order valence-electron chi connectivity index (χ4n) is 4.70. The summed E-state index contributed by atoms with van der Waals surface area (Å²) in [5, 5.41) is 16.6. The van der Waals surface area contributed by atoms with Crippen molar-refractivity contribution in [3.8, 4) is 28.7 Å². The van der Waals surface area contributed by atoms with E-state index in [0.717, 1.165) is 21.3 Å². The van der Waals surface area contributed by atoms with Gasteiger partial charge in [0.05, 0.1) is 52.1 Å². The molecule has 3 heterocycles. The fourth-order valence-corrected chi connectivity index (χ4v) is 4.70. The van der Waals surface area contributed by atoms with Gasteiger partial charge >= 0.3 is 11.9 Å². The number of alkyl halides is 3. The first-order valence-corrected chi connectivity index (χ1v) is 11.5. The van der Waals surface area contributed by atoms with E-state index in [2.05, 4.69) is 10.4 Å². The van der Waals surface area contributed by atoms with E-state index in [9.17, 15) is 22.8 Å². The fraction of sp³-hybridized carbons (Fsp3) is 0.231. The predicted octanol–water partition coefficient (Wildman–Crippen LogP) is 3.59. The van der Waals surface area contributed by atoms with Crippen molar-refractivity contribution in [3.63, 3.8) is 0 Å². The Balaban J connectivity index is 1.80. The van der Waals surface area contributed by atoms with Crippen LogP contribution in [0.3, 0.4) is 0 Å². The quantitative estimate of drug-likeness (QED) is 0.456. The van der Waals surface area contributed by atoms with Crippen LogP contribution in [0.2, 0.25) is 0 Å². The zero-order valence-electron chi connectivity index (χ0n) is 19.7. The summed E-state index contributed by atoms with van der Waals surface area (Å²) < 4.78 is 44.2. The van der Waals surface area contributed by atoms with E-state index >= 15 is 0 Å². The first kappa shape index (κ1) is 24.3. The van der Waals surface area contributed by atoms with Crippen LogP contribution in [0.4, 0.5) is 13.2 Å². The van der Waals surface area contributed by atoms with Gasteiger partial charge in [0, 0.05) is 12.2 Å². The van der Waals surface area contributed by atoms with E-state index < -0.39 is 29.0 Å². The Morgan fingerprint density at radius 3 is 2.49 bits per heavy atom. The number of nitrogens with zero attached hydrogens (tertiary/aromatic N) is 5. The Kier molecular flexibility index (Phi) is 6.05. The van der Waals surface area contributed by atoms with Crippen molar-refractivity contribution in [2.24, 2.45) is 0 Å². The number of aromatic nitrogens is 4. The van der Waals surface area contributed by atoms with Gasteiger partial charge in [0.2, 0.25) is 0 Å². The Labute approximate surface area is 208 Å². The monoisotopic (exact) mass is 506 g/mol. The maximum atomic E-state index is 13.8. The molecule has 1 aliphatic heterocycles. The average molecular weight is 506 g/mol. The summed E-state index contributed by atoms with van der Waals surface area (Å²) in [7, 11) is 0. The third-order valence-electron chi connectivity index (χ3n) is 6.50. The van der Waals surface area contributed by atoms with Gasteiger partial charge in [0.15, 0.2) is 0 Å². The largest absolute Gasteiger partial charge is 0.416 e. The van der Waals surface area contributed by atoms with Crippen molar-refractivity contribution in [2.75, 3.05) is 13.1 Å². The van der Waals surface area contributed by atoms with Crippen LogP contribution in [-0.2, 0) is 6.18 Å². The third kappa shape index (κ3) is 4.25. The standard InChI is InChI=1S/C26H21F3N6O2/c1-16-23(22-10-12-32-35(22)19-7-5-17(14-30)6-8-19)24(36)34(21-9-11-31-15-21)25(37)33(16)20-4-2-3-18(13-20)26(27,28)29/h2-8,10,12-13,21,31H,9,11,15H2,1H3/t21-/m1/s1. The Morgan fingerprint density at radius 2 is 1.84 bits per heavy atom. The Bertz CT molecular complexity index is 1640. The molecule has 1 atom stereocenters. The van der Waals surface area contributed by atoms with Crippen molar-refractivity contribution in [2.45, 2.75) is 25.6 Å². The minimum Gasteiger partial charge on any atom is -0.315 e. The van der Waals surface area contributed by atoms with Gasteiger partial charge < -0.3 is 5.32 Å². The molecular weight excluding hydrogens is 485 g/mol. The van der Waals surface area contributed by atoms with E-state index in [-0.39, 0.29) is 16.9 Å². The average Bonchev–Trinajstić information content (AvgIpc) is 3.57. The lowest BCUT2D eigenvalue weighted by Crippen LogP contribution is -2.44. The highest BCUT2D eigenvalue weighted by molar-refractivity contribution is 5.64. The minimum absolute atomic E-state index is 0.00252. The molecule has 37 heavy (non-hydrogen) atoms. The molecule has 188 valence electrons. The maximum absolute atomic E-state index is 13.8. The van der Waals surface area contributed by atoms with E-state index in [1.807, 2.05) is 6.07 Å². The highest BCUT2D eigenvalue weighted by atomic mass is 19.4. The molecule has 1 aliphatic rings. The van der Waals surface area contributed by atoms with Gasteiger partial charge in [0.1, 0.15) is 0 Å². The van der Waals surface area contributed by atoms with E-state index in [4.69, 9.17) is 5.26 Å². The molecule has 1 fully saturated rings. The summed E-state index contributed by atoms with van der Waals surface area (Å²) in [4.78, 5) is 27.5. The van der Waals surface area contributed by atoms with E-state index in [1.165, 1.54) is 29.9 Å². The predicted molar refractivity (Wildman–Crippen MR) is 130 cm³/mol. The lowest BCUT2D eigenvalue weighted by atomic mass is 10.1. The number of hydrogen-bond acceptors (Lipinski definition) is 5. The van der Waals surface area contributed by atoms with Gasteiger partial charge in [-0.3, -0.25) is 13.9 Å². The summed E-state index contributed by atoms with van der Waals surface area (Å²) in [6.07, 6.45) is -2.59. The molecule has 0 radical (unpaired) electrons. The van der Waals surface area contributed by atoms with Crippen LogP contribution in [0.15, 0.2) is 70.4 Å². The van der Waals surface area contributed by atoms with Crippen molar-refractivity contribution in [1.29, 1.82) is 5.26 Å². The van der Waals surface area contributed by atoms with E-state index in [0.29, 0.717) is 36.5 Å². The molecule has 0 spiro atoms. The van der Waals surface area contributed by atoms with Crippen LogP contribution in [0.25, 0.3) is 22.6 Å². The molecule has 0 saturated carbocycles. The molecule has 1 N–H and O–H groups in total. The molecule has 2 aromatic carbocycles. The number of rotatable bonds is 4. The summed E-state index contributed by atoms with van der Waals surface area (Å²) >= 11 is 0. The summed E-state index contributed by atoms with van der Waals surface area (Å²) in [6.45, 7) is 2.52. The van der Waals surface area contributed by atoms with Gasteiger partial charge in [-0.2, -0.15) is 23.5 Å². The number of nitrogens with one attached hydrogen (secondary N) is 1. The Hall–Kier alpha value is -4.43. The molecule has 11 heteroatoms. The maximum Gasteiger partial charge on any atom is 0.416 e. The lowest BCUT2D eigenvalue weighted by Gasteiger charge is -2.21. The zero-order valence-corrected chi connectivity index (χ0v) is 19.7. The number of hydrogen-bond donors (Lipinski definition) is 1. The third-order valence-corrected chi connectivity index (χ3v) is 6.50. The van der Waals surface area contributed by atoms with Crippen LogP contribution in [-0.4, -0.2) is 32.0 Å². The van der Waals surface area contributed by atoms with Crippen molar-refractivity contribution < 1.29 is 13.2 Å². The first-order valence-electron chi connectivity index (χ1n) is 11.5. The first-order chi connectivity index (χ1) is 17.7. The lowest BCUT2D eigenvalue weighted by molar-refractivity contribution is -0.137. The molecule has 2 aromatic heterocycles. The van der Waals surface area contributed by atoms with Crippen molar-refractivity contribution in [1.82, 2.24) is 24.2 Å². The van der Waals surface area contributed by atoms with Gasteiger partial charge in [-0.1, -0.05) is 6.07 Å². The summed E-state index contributed by atoms with van der Waals surface area (Å²) in [6, 6.07) is 14.2. The van der Waals surface area contributed by atoms with Crippen LogP contribution in [0.1, 0.15) is 29.3 Å². The molecule has 0 amide bonds. The SMILES string of the molecule is Cc1c(-c2ccnn2-c2ccc(C#N)cc2)c(=O)n([C@@H]2CCNC2)c(=O)n1-c1cccc(C(F)(F)F)c1. The van der Waals surface area contributed by atoms with E-state index in [1.54, 1.807) is 30.3 Å². The second kappa shape index (κ2) is 9.22. The molecule has 0 aliphatic carbocycles. The van der Waals surface area contributed by atoms with Crippen LogP contribution in [0.5, 0.6) is 0 Å². The summed E-state index contributed by atoms with van der Waals surface area (Å²) in [5.74, 6) is 0. The van der Waals surface area contributed by atoms with Crippen LogP contribution in [0, 0.1) is 18.3 Å². The minimum atomic E-state index is -4.60. The Morgan fingerprint density at radius 1 is 1.08 bits per heavy atom. The second-order valence-electron chi connectivity index (χ2n) is 8.74. The molecule has 0 unspecified atom stereocenters. The molecule has 4 aromatic rings. The molecule has 1 saturated heterocycles. The normalized spacial score (nSPS) is 15.6. The van der Waals surface area contributed by atoms with Gasteiger partial charge in [-0.05, 0) is 68.4 Å². The van der Waals surface area contributed by atoms with Gasteiger partial charge in [-0.15, -0.1) is 0 Å². The van der Waals surface area contributed by atoms with Crippen molar-refractivity contribution in [3.05, 3.63) is 98.5 Å². The zero-order chi connectivity index (χ0) is 26.3. The molecule has 5 rings (SSSR count). The van der Waals surface area contributed by atoms with Gasteiger partial charge in [-0.25, -0.2) is 9.48 Å². The summed E-state index contributed by atoms with van der Waals surface area (Å²) in [5.41, 5.74) is -0.432.